The third-order valence-corrected chi connectivity index (χ3v) is 6.34. The topological polar surface area (TPSA) is 158 Å². The van der Waals surface area contributed by atoms with Crippen LogP contribution < -0.4 is 9.47 Å². The zero-order chi connectivity index (χ0) is 34.2. The normalized spacial score (nSPS) is 13.5. The zero-order valence-corrected chi connectivity index (χ0v) is 25.8. The van der Waals surface area contributed by atoms with Crippen LogP contribution in [0.5, 0.6) is 11.5 Å². The van der Waals surface area contributed by atoms with Crippen molar-refractivity contribution in [3.8, 4) is 11.5 Å². The molecular weight excluding hydrogens is 612 g/mol. The highest BCUT2D eigenvalue weighted by molar-refractivity contribution is 5.91. The first kappa shape index (κ1) is 35.7. The molecule has 0 amide bonds. The first-order valence-corrected chi connectivity index (χ1v) is 14.6. The molecule has 0 spiro atoms. The Hall–Kier alpha value is -5.78. The van der Waals surface area contributed by atoms with Crippen molar-refractivity contribution in [1.82, 2.24) is 0 Å². The Morgan fingerprint density at radius 2 is 1.17 bits per heavy atom. The van der Waals surface area contributed by atoms with E-state index in [9.17, 15) is 28.8 Å². The van der Waals surface area contributed by atoms with Gasteiger partial charge < -0.3 is 28.4 Å². The smallest absolute Gasteiger partial charge is 0.343 e. The van der Waals surface area contributed by atoms with Crippen LogP contribution in [0.4, 0.5) is 0 Å². The summed E-state index contributed by atoms with van der Waals surface area (Å²) in [6.45, 7) is 8.42. The number of esters is 6. The van der Waals surface area contributed by atoms with Gasteiger partial charge in [-0.15, -0.1) is 0 Å². The summed E-state index contributed by atoms with van der Waals surface area (Å²) in [6, 6.07) is 11.7. The molecule has 0 aliphatic heterocycles. The van der Waals surface area contributed by atoms with Gasteiger partial charge in [0, 0.05) is 31.4 Å². The maximum atomic E-state index is 12.7. The number of benzene rings is 2. The van der Waals surface area contributed by atoms with Crippen LogP contribution in [-0.2, 0) is 38.1 Å². The summed E-state index contributed by atoms with van der Waals surface area (Å²) >= 11 is 0. The SMILES string of the molecule is C=CC(=O)OCCCC(=O)Oc1ccc(C(=O)OC2=CCC(OC(=O)c3ccc(OC(=O)CCCOC(=O)C=C)cc3)C=C2C)cc1. The average molecular weight is 647 g/mol. The van der Waals surface area contributed by atoms with E-state index in [2.05, 4.69) is 13.2 Å². The highest BCUT2D eigenvalue weighted by Crippen LogP contribution is 2.24. The Labute approximate surface area is 271 Å². The predicted molar refractivity (Wildman–Crippen MR) is 166 cm³/mol. The van der Waals surface area contributed by atoms with Crippen molar-refractivity contribution in [2.24, 2.45) is 0 Å². The second kappa shape index (κ2) is 18.3. The molecule has 0 N–H and O–H groups in total. The molecule has 0 fully saturated rings. The number of hydrogen-bond acceptors (Lipinski definition) is 12. The number of carbonyl (C=O) groups is 6. The van der Waals surface area contributed by atoms with Crippen molar-refractivity contribution in [3.63, 3.8) is 0 Å². The minimum absolute atomic E-state index is 0.0357. The molecule has 1 unspecified atom stereocenters. The van der Waals surface area contributed by atoms with Gasteiger partial charge in [0.15, 0.2) is 0 Å². The van der Waals surface area contributed by atoms with Gasteiger partial charge in [-0.25, -0.2) is 19.2 Å². The van der Waals surface area contributed by atoms with Crippen LogP contribution >= 0.6 is 0 Å². The van der Waals surface area contributed by atoms with E-state index in [1.165, 1.54) is 48.5 Å². The highest BCUT2D eigenvalue weighted by atomic mass is 16.6. The lowest BCUT2D eigenvalue weighted by Gasteiger charge is -2.20. The molecule has 0 radical (unpaired) electrons. The summed E-state index contributed by atoms with van der Waals surface area (Å²) in [4.78, 5) is 71.4. The molecule has 0 bridgehead atoms. The summed E-state index contributed by atoms with van der Waals surface area (Å²) in [5.41, 5.74) is 1.07. The van der Waals surface area contributed by atoms with E-state index in [0.29, 0.717) is 17.8 Å². The van der Waals surface area contributed by atoms with E-state index in [0.717, 1.165) is 12.2 Å². The number of rotatable bonds is 16. The van der Waals surface area contributed by atoms with E-state index >= 15 is 0 Å². The third kappa shape index (κ3) is 12.3. The first-order valence-electron chi connectivity index (χ1n) is 14.6. The lowest BCUT2D eigenvalue weighted by molar-refractivity contribution is -0.140. The van der Waals surface area contributed by atoms with Gasteiger partial charge in [0.2, 0.25) is 0 Å². The zero-order valence-electron chi connectivity index (χ0n) is 25.8. The van der Waals surface area contributed by atoms with Gasteiger partial charge in [-0.05, 0) is 86.0 Å². The van der Waals surface area contributed by atoms with Crippen LogP contribution in [0.1, 0.15) is 59.7 Å². The minimum Gasteiger partial charge on any atom is -0.463 e. The molecule has 12 nitrogen and oxygen atoms in total. The van der Waals surface area contributed by atoms with Crippen molar-refractivity contribution >= 4 is 35.8 Å². The summed E-state index contributed by atoms with van der Waals surface area (Å²) < 4.78 is 31.2. The highest BCUT2D eigenvalue weighted by Gasteiger charge is 2.21. The predicted octanol–water partition coefficient (Wildman–Crippen LogP) is 5.13. The number of carbonyl (C=O) groups excluding carboxylic acids is 6. The Bertz CT molecular complexity index is 1550. The van der Waals surface area contributed by atoms with Crippen LogP contribution in [0.3, 0.4) is 0 Å². The Kier molecular flexibility index (Phi) is 13.9. The lowest BCUT2D eigenvalue weighted by atomic mass is 10.0. The molecule has 1 aliphatic rings. The minimum atomic E-state index is -0.627. The average Bonchev–Trinajstić information content (AvgIpc) is 3.06. The maximum Gasteiger partial charge on any atom is 0.343 e. The van der Waals surface area contributed by atoms with Crippen LogP contribution in [0.2, 0.25) is 0 Å². The molecule has 0 saturated carbocycles. The van der Waals surface area contributed by atoms with Crippen LogP contribution in [-0.4, -0.2) is 55.1 Å². The fourth-order valence-electron chi connectivity index (χ4n) is 3.96. The van der Waals surface area contributed by atoms with Gasteiger partial charge >= 0.3 is 35.8 Å². The van der Waals surface area contributed by atoms with Crippen molar-refractivity contribution in [2.75, 3.05) is 13.2 Å². The van der Waals surface area contributed by atoms with E-state index in [-0.39, 0.29) is 61.5 Å². The maximum absolute atomic E-state index is 12.7. The number of ether oxygens (including phenoxy) is 6. The number of hydrogen-bond donors (Lipinski definition) is 0. The van der Waals surface area contributed by atoms with E-state index in [4.69, 9.17) is 28.4 Å². The van der Waals surface area contributed by atoms with E-state index in [1.807, 2.05) is 0 Å². The quantitative estimate of drug-likeness (QED) is 0.0779. The molecule has 2 aromatic rings. The molecule has 246 valence electrons. The van der Waals surface area contributed by atoms with E-state index in [1.54, 1.807) is 19.1 Å². The third-order valence-electron chi connectivity index (χ3n) is 6.34. The van der Waals surface area contributed by atoms with Gasteiger partial charge in [-0.1, -0.05) is 13.2 Å². The summed E-state index contributed by atoms with van der Waals surface area (Å²) in [5.74, 6) is -2.59. The van der Waals surface area contributed by atoms with Gasteiger partial charge in [0.1, 0.15) is 23.4 Å². The summed E-state index contributed by atoms with van der Waals surface area (Å²) in [6.07, 6.45) is 5.72. The van der Waals surface area contributed by atoms with Crippen molar-refractivity contribution in [2.45, 2.75) is 45.1 Å². The molecule has 3 rings (SSSR count). The Morgan fingerprint density at radius 3 is 1.62 bits per heavy atom. The molecule has 1 aliphatic carbocycles. The Balaban J connectivity index is 1.42. The van der Waals surface area contributed by atoms with Gasteiger partial charge in [-0.2, -0.15) is 0 Å². The molecular formula is C35H34O12. The molecule has 1 atom stereocenters. The lowest BCUT2D eigenvalue weighted by Crippen LogP contribution is -2.19. The van der Waals surface area contributed by atoms with Gasteiger partial charge in [0.05, 0.1) is 24.3 Å². The van der Waals surface area contributed by atoms with Crippen molar-refractivity contribution in [3.05, 3.63) is 108 Å². The molecule has 2 aromatic carbocycles. The molecule has 0 saturated heterocycles. The molecule has 0 aromatic heterocycles. The van der Waals surface area contributed by atoms with Crippen molar-refractivity contribution < 1.29 is 57.2 Å². The summed E-state index contributed by atoms with van der Waals surface area (Å²) in [5, 5.41) is 0. The molecule has 12 heteroatoms. The second-order valence-electron chi connectivity index (χ2n) is 9.93. The van der Waals surface area contributed by atoms with Gasteiger partial charge in [-0.3, -0.25) is 9.59 Å². The van der Waals surface area contributed by atoms with E-state index < -0.39 is 41.9 Å². The van der Waals surface area contributed by atoms with Crippen LogP contribution in [0.15, 0.2) is 97.3 Å². The largest absolute Gasteiger partial charge is 0.463 e. The first-order chi connectivity index (χ1) is 22.6. The summed E-state index contributed by atoms with van der Waals surface area (Å²) in [7, 11) is 0. The monoisotopic (exact) mass is 646 g/mol. The number of allylic oxidation sites excluding steroid dienone is 1. The Morgan fingerprint density at radius 1 is 0.702 bits per heavy atom. The standard InChI is InChI=1S/C35H34O12/c1-4-30(36)42-20-6-8-32(38)44-26-14-10-24(11-15-26)34(40)46-28-18-19-29(23(3)22-28)47-35(41)25-12-16-27(17-13-25)45-33(39)9-7-21-43-31(37)5-2/h4-5,10-17,19,22,28H,1-2,6-9,18,20-21H2,3H3. The molecule has 0 heterocycles. The van der Waals surface area contributed by atoms with Crippen molar-refractivity contribution in [1.29, 1.82) is 0 Å². The van der Waals surface area contributed by atoms with Crippen LogP contribution in [0, 0.1) is 0 Å². The second-order valence-corrected chi connectivity index (χ2v) is 9.93. The van der Waals surface area contributed by atoms with Crippen LogP contribution in [0.25, 0.3) is 0 Å². The molecule has 47 heavy (non-hydrogen) atoms. The fraction of sp³-hybridized carbons (Fsp3) is 0.257. The van der Waals surface area contributed by atoms with Gasteiger partial charge in [0.25, 0.3) is 0 Å². The fourth-order valence-corrected chi connectivity index (χ4v) is 3.96.